The van der Waals surface area contributed by atoms with Crippen molar-refractivity contribution in [1.29, 1.82) is 0 Å². The normalized spacial score (nSPS) is 33.4. The van der Waals surface area contributed by atoms with Gasteiger partial charge in [0.15, 0.2) is 5.76 Å². The van der Waals surface area contributed by atoms with Crippen LogP contribution in [0.2, 0.25) is 0 Å². The fourth-order valence-corrected chi connectivity index (χ4v) is 4.84. The van der Waals surface area contributed by atoms with Gasteiger partial charge in [-0.3, -0.25) is 4.79 Å². The number of ether oxygens (including phenoxy) is 5. The van der Waals surface area contributed by atoms with Gasteiger partial charge in [-0.05, 0) is 38.1 Å². The Balaban J connectivity index is 1.59. The standard InChI is InChI=1S/C28H32O14/c1-10-18(30)21(33)23(35)27(38-10)40-14-8-15(29)17-16(9-14)41-25(12-4-6-13(37-3)7-5-12)26(20(17)32)42-28-24(36)22(34)19(31)11(2)39-28/h4-11,18-19,21-24,27-31,33-36H,1-3H3/t10-,11-,18-,19-,21-,22-,23-,24-,27+,28-/m0/s1. The minimum absolute atomic E-state index is 0.102. The first-order chi connectivity index (χ1) is 19.9. The van der Waals surface area contributed by atoms with Crippen molar-refractivity contribution in [3.8, 4) is 34.3 Å². The molecule has 2 saturated heterocycles. The lowest BCUT2D eigenvalue weighted by Gasteiger charge is -2.39. The van der Waals surface area contributed by atoms with E-state index in [4.69, 9.17) is 28.1 Å². The van der Waals surface area contributed by atoms with Gasteiger partial charge < -0.3 is 63.8 Å². The van der Waals surface area contributed by atoms with Gasteiger partial charge in [-0.25, -0.2) is 0 Å². The maximum absolute atomic E-state index is 13.8. The Bertz CT molecular complexity index is 1470. The fraction of sp³-hybridized carbons (Fsp3) is 0.464. The van der Waals surface area contributed by atoms with Gasteiger partial charge >= 0.3 is 0 Å². The molecule has 0 bridgehead atoms. The average Bonchev–Trinajstić information content (AvgIpc) is 2.97. The summed E-state index contributed by atoms with van der Waals surface area (Å²) in [5.74, 6) is -0.808. The molecule has 0 spiro atoms. The van der Waals surface area contributed by atoms with Crippen LogP contribution in [0.15, 0.2) is 45.6 Å². The Kier molecular flexibility index (Phi) is 8.33. The summed E-state index contributed by atoms with van der Waals surface area (Å²) in [6.45, 7) is 2.92. The van der Waals surface area contributed by atoms with Gasteiger partial charge in [0.05, 0.1) is 19.3 Å². The van der Waals surface area contributed by atoms with Crippen LogP contribution >= 0.6 is 0 Å². The monoisotopic (exact) mass is 592 g/mol. The van der Waals surface area contributed by atoms with E-state index in [0.29, 0.717) is 11.3 Å². The lowest BCUT2D eigenvalue weighted by molar-refractivity contribution is -0.268. The smallest absolute Gasteiger partial charge is 0.239 e. The minimum atomic E-state index is -1.74. The summed E-state index contributed by atoms with van der Waals surface area (Å²) >= 11 is 0. The molecule has 3 heterocycles. The largest absolute Gasteiger partial charge is 0.507 e. The second kappa shape index (κ2) is 11.7. The SMILES string of the molecule is COc1ccc(-c2oc3cc(O[C@H]4O[C@@H](C)[C@H](O)[C@H](O)[C@@H]4O)cc(O)c3c(=O)c2O[C@@H]2O[C@@H](C)[C@H](O)[C@H](O)[C@@H]2O)cc1. The van der Waals surface area contributed by atoms with Gasteiger partial charge in [0.2, 0.25) is 23.8 Å². The third-order valence-electron chi connectivity index (χ3n) is 7.36. The molecule has 1 aromatic heterocycles. The van der Waals surface area contributed by atoms with Crippen molar-refractivity contribution in [2.24, 2.45) is 0 Å². The molecule has 7 N–H and O–H groups in total. The molecule has 14 nitrogen and oxygen atoms in total. The van der Waals surface area contributed by atoms with Crippen LogP contribution < -0.4 is 19.6 Å². The number of fused-ring (bicyclic) bond motifs is 1. The molecule has 228 valence electrons. The van der Waals surface area contributed by atoms with Crippen molar-refractivity contribution in [2.75, 3.05) is 7.11 Å². The lowest BCUT2D eigenvalue weighted by atomic mass is 10.00. The first-order valence-electron chi connectivity index (χ1n) is 13.1. The number of aliphatic hydroxyl groups excluding tert-OH is 6. The van der Waals surface area contributed by atoms with Crippen LogP contribution in [-0.4, -0.2) is 104 Å². The van der Waals surface area contributed by atoms with Crippen molar-refractivity contribution in [2.45, 2.75) is 75.3 Å². The fourth-order valence-electron chi connectivity index (χ4n) is 4.84. The Morgan fingerprint density at radius 1 is 0.714 bits per heavy atom. The van der Waals surface area contributed by atoms with Gasteiger partial charge in [0.1, 0.15) is 64.8 Å². The number of hydrogen-bond acceptors (Lipinski definition) is 14. The third-order valence-corrected chi connectivity index (χ3v) is 7.36. The van der Waals surface area contributed by atoms with Gasteiger partial charge in [-0.2, -0.15) is 0 Å². The van der Waals surface area contributed by atoms with Crippen molar-refractivity contribution < 1.29 is 63.8 Å². The first-order valence-corrected chi connectivity index (χ1v) is 13.1. The quantitative estimate of drug-likeness (QED) is 0.194. The topological polar surface area (TPSA) is 218 Å². The molecule has 0 amide bonds. The van der Waals surface area contributed by atoms with Crippen LogP contribution in [0.3, 0.4) is 0 Å². The Morgan fingerprint density at radius 3 is 1.81 bits per heavy atom. The Morgan fingerprint density at radius 2 is 1.26 bits per heavy atom. The maximum atomic E-state index is 13.8. The number of aromatic hydroxyl groups is 1. The predicted molar refractivity (Wildman–Crippen MR) is 142 cm³/mol. The first kappa shape index (κ1) is 30.0. The molecule has 5 rings (SSSR count). The second-order valence-corrected chi connectivity index (χ2v) is 10.2. The molecule has 2 aliphatic heterocycles. The number of phenolic OH excluding ortho intramolecular Hbond substituents is 1. The third kappa shape index (κ3) is 5.39. The van der Waals surface area contributed by atoms with E-state index in [9.17, 15) is 40.5 Å². The Hall–Kier alpha value is -3.47. The zero-order valence-electron chi connectivity index (χ0n) is 22.7. The molecule has 14 heteroatoms. The van der Waals surface area contributed by atoms with Crippen LogP contribution in [0.25, 0.3) is 22.3 Å². The highest BCUT2D eigenvalue weighted by atomic mass is 16.7. The molecule has 2 aromatic carbocycles. The highest BCUT2D eigenvalue weighted by molar-refractivity contribution is 5.88. The van der Waals surface area contributed by atoms with Crippen molar-refractivity contribution in [3.63, 3.8) is 0 Å². The number of benzene rings is 2. The van der Waals surface area contributed by atoms with Crippen molar-refractivity contribution >= 4 is 11.0 Å². The maximum Gasteiger partial charge on any atom is 0.239 e. The van der Waals surface area contributed by atoms with E-state index >= 15 is 0 Å². The number of aliphatic hydroxyl groups is 6. The van der Waals surface area contributed by atoms with E-state index in [2.05, 4.69) is 0 Å². The molecule has 2 aliphatic rings. The summed E-state index contributed by atoms with van der Waals surface area (Å²) in [5, 5.41) is 71.7. The van der Waals surface area contributed by atoms with Crippen LogP contribution in [0, 0.1) is 0 Å². The van der Waals surface area contributed by atoms with E-state index in [-0.39, 0.29) is 22.5 Å². The molecule has 0 radical (unpaired) electrons. The summed E-state index contributed by atoms with van der Waals surface area (Å²) in [6.07, 6.45) is -14.2. The molecule has 0 saturated carbocycles. The lowest BCUT2D eigenvalue weighted by Crippen LogP contribution is -2.58. The van der Waals surface area contributed by atoms with Crippen molar-refractivity contribution in [3.05, 3.63) is 46.6 Å². The zero-order valence-corrected chi connectivity index (χ0v) is 22.7. The molecule has 10 atom stereocenters. The second-order valence-electron chi connectivity index (χ2n) is 10.2. The van der Waals surface area contributed by atoms with Crippen LogP contribution in [0.1, 0.15) is 13.8 Å². The van der Waals surface area contributed by atoms with Gasteiger partial charge in [0.25, 0.3) is 0 Å². The molecular weight excluding hydrogens is 560 g/mol. The van der Waals surface area contributed by atoms with Gasteiger partial charge in [-0.15, -0.1) is 0 Å². The zero-order chi connectivity index (χ0) is 30.5. The molecule has 2 fully saturated rings. The van der Waals surface area contributed by atoms with E-state index in [1.807, 2.05) is 0 Å². The highest BCUT2D eigenvalue weighted by Crippen LogP contribution is 2.38. The summed E-state index contributed by atoms with van der Waals surface area (Å²) in [7, 11) is 1.47. The highest BCUT2D eigenvalue weighted by Gasteiger charge is 2.45. The summed E-state index contributed by atoms with van der Waals surface area (Å²) in [5.41, 5.74) is -0.705. The molecule has 42 heavy (non-hydrogen) atoms. The summed E-state index contributed by atoms with van der Waals surface area (Å²) in [4.78, 5) is 13.8. The predicted octanol–water partition coefficient (Wildman–Crippen LogP) is -0.413. The van der Waals surface area contributed by atoms with E-state index in [1.54, 1.807) is 24.3 Å². The van der Waals surface area contributed by atoms with E-state index in [0.717, 1.165) is 6.07 Å². The van der Waals surface area contributed by atoms with Crippen LogP contribution in [-0.2, 0) is 9.47 Å². The minimum Gasteiger partial charge on any atom is -0.507 e. The number of rotatable bonds is 6. The van der Waals surface area contributed by atoms with Crippen molar-refractivity contribution in [1.82, 2.24) is 0 Å². The van der Waals surface area contributed by atoms with Gasteiger partial charge in [-0.1, -0.05) is 0 Å². The summed E-state index contributed by atoms with van der Waals surface area (Å²) < 4.78 is 33.6. The average molecular weight is 593 g/mol. The molecule has 0 unspecified atom stereocenters. The number of hydrogen-bond donors (Lipinski definition) is 7. The van der Waals surface area contributed by atoms with E-state index in [1.165, 1.54) is 27.0 Å². The number of phenols is 1. The molecule has 0 aliphatic carbocycles. The number of methoxy groups -OCH3 is 1. The van der Waals surface area contributed by atoms with Crippen LogP contribution in [0.5, 0.6) is 23.0 Å². The molecular formula is C28H32O14. The van der Waals surface area contributed by atoms with Crippen LogP contribution in [0.4, 0.5) is 0 Å². The van der Waals surface area contributed by atoms with E-state index < -0.39 is 78.3 Å². The summed E-state index contributed by atoms with van der Waals surface area (Å²) in [6, 6.07) is 8.63. The van der Waals surface area contributed by atoms with Gasteiger partial charge in [0, 0.05) is 17.7 Å². The Labute approximate surface area is 238 Å². The molecule has 3 aromatic rings.